The summed E-state index contributed by atoms with van der Waals surface area (Å²) in [6.07, 6.45) is 4.76. The van der Waals surface area contributed by atoms with Crippen LogP contribution < -0.4 is 10.2 Å². The zero-order valence-corrected chi connectivity index (χ0v) is 14.4. The third-order valence-corrected chi connectivity index (χ3v) is 4.06. The number of anilines is 1. The van der Waals surface area contributed by atoms with E-state index in [2.05, 4.69) is 17.2 Å². The van der Waals surface area contributed by atoms with Gasteiger partial charge in [0.05, 0.1) is 6.54 Å². The quantitative estimate of drug-likeness (QED) is 0.685. The minimum absolute atomic E-state index is 0.171. The lowest BCUT2D eigenvalue weighted by Gasteiger charge is -2.15. The molecule has 1 N–H and O–H groups in total. The summed E-state index contributed by atoms with van der Waals surface area (Å²) in [7, 11) is 0. The minimum Gasteiger partial charge on any atom is -0.342 e. The van der Waals surface area contributed by atoms with Crippen molar-refractivity contribution in [2.45, 2.75) is 12.8 Å². The van der Waals surface area contributed by atoms with Gasteiger partial charge in [-0.3, -0.25) is 9.59 Å². The number of nitrogens with zero attached hydrogens (tertiary/aromatic N) is 1. The predicted molar refractivity (Wildman–Crippen MR) is 103 cm³/mol. The molecule has 0 spiro atoms. The highest BCUT2D eigenvalue weighted by molar-refractivity contribution is 5.95. The normalized spacial score (nSPS) is 13.5. The van der Waals surface area contributed by atoms with E-state index in [9.17, 15) is 9.59 Å². The fourth-order valence-corrected chi connectivity index (χ4v) is 2.72. The average molecular weight is 344 g/mol. The van der Waals surface area contributed by atoms with Crippen LogP contribution in [-0.2, 0) is 9.59 Å². The van der Waals surface area contributed by atoms with E-state index in [-0.39, 0.29) is 11.8 Å². The monoisotopic (exact) mass is 344 g/mol. The van der Waals surface area contributed by atoms with Crippen LogP contribution in [-0.4, -0.2) is 24.9 Å². The molecule has 1 fully saturated rings. The second kappa shape index (κ2) is 8.68. The molecule has 0 aromatic heterocycles. The Morgan fingerprint density at radius 2 is 1.88 bits per heavy atom. The van der Waals surface area contributed by atoms with Crippen LogP contribution in [0.25, 0.3) is 6.08 Å². The van der Waals surface area contributed by atoms with Crippen LogP contribution in [0.5, 0.6) is 0 Å². The van der Waals surface area contributed by atoms with Crippen molar-refractivity contribution >= 4 is 23.6 Å². The molecule has 1 aliphatic rings. The number of carbonyl (C=O) groups is 2. The zero-order valence-electron chi connectivity index (χ0n) is 14.4. The standard InChI is InChI=1S/C22H20N2O2/c25-21(23-16-4-8-18-6-2-1-3-7-18)15-12-19-10-13-20(14-11-19)24-17-5-9-22(24)26/h1-3,6-7,10-15H,5,9,16-17H2,(H,23,25)/b15-12+. The van der Waals surface area contributed by atoms with E-state index in [1.54, 1.807) is 11.0 Å². The van der Waals surface area contributed by atoms with Crippen LogP contribution >= 0.6 is 0 Å². The molecule has 0 bridgehead atoms. The number of hydrogen-bond acceptors (Lipinski definition) is 2. The van der Waals surface area contributed by atoms with Crippen molar-refractivity contribution in [3.8, 4) is 11.8 Å². The summed E-state index contributed by atoms with van der Waals surface area (Å²) in [5, 5.41) is 2.73. The topological polar surface area (TPSA) is 49.4 Å². The van der Waals surface area contributed by atoms with E-state index in [0.717, 1.165) is 29.8 Å². The summed E-state index contributed by atoms with van der Waals surface area (Å²) in [5.74, 6) is 5.89. The van der Waals surface area contributed by atoms with Crippen molar-refractivity contribution in [3.05, 3.63) is 71.8 Å². The zero-order chi connectivity index (χ0) is 18.2. The van der Waals surface area contributed by atoms with Gasteiger partial charge in [-0.1, -0.05) is 42.2 Å². The number of amides is 2. The Kier molecular flexibility index (Phi) is 5.84. The summed E-state index contributed by atoms with van der Waals surface area (Å²) in [4.78, 5) is 25.4. The Morgan fingerprint density at radius 3 is 2.58 bits per heavy atom. The largest absolute Gasteiger partial charge is 0.342 e. The molecule has 2 aromatic carbocycles. The van der Waals surface area contributed by atoms with Crippen molar-refractivity contribution < 1.29 is 9.59 Å². The van der Waals surface area contributed by atoms with Gasteiger partial charge in [0.15, 0.2) is 0 Å². The van der Waals surface area contributed by atoms with E-state index in [1.807, 2.05) is 54.6 Å². The molecule has 0 atom stereocenters. The lowest BCUT2D eigenvalue weighted by Crippen LogP contribution is -2.23. The van der Waals surface area contributed by atoms with E-state index in [1.165, 1.54) is 6.08 Å². The number of carbonyl (C=O) groups excluding carboxylic acids is 2. The first-order valence-corrected chi connectivity index (χ1v) is 8.63. The Hall–Kier alpha value is -3.32. The molecule has 0 radical (unpaired) electrons. The van der Waals surface area contributed by atoms with Crippen LogP contribution in [0.1, 0.15) is 24.0 Å². The predicted octanol–water partition coefficient (Wildman–Crippen LogP) is 2.99. The molecule has 1 heterocycles. The smallest absolute Gasteiger partial charge is 0.244 e. The van der Waals surface area contributed by atoms with Gasteiger partial charge in [-0.25, -0.2) is 0 Å². The molecule has 2 aromatic rings. The van der Waals surface area contributed by atoms with Gasteiger partial charge in [0.2, 0.25) is 11.8 Å². The van der Waals surface area contributed by atoms with Gasteiger partial charge in [0, 0.05) is 30.3 Å². The molecule has 3 rings (SSSR count). The number of hydrogen-bond donors (Lipinski definition) is 1. The molecule has 1 saturated heterocycles. The van der Waals surface area contributed by atoms with Crippen molar-refractivity contribution in [2.75, 3.05) is 18.0 Å². The number of nitrogens with one attached hydrogen (secondary N) is 1. The summed E-state index contributed by atoms with van der Waals surface area (Å²) >= 11 is 0. The van der Waals surface area contributed by atoms with Gasteiger partial charge in [0.1, 0.15) is 0 Å². The minimum atomic E-state index is -0.189. The van der Waals surface area contributed by atoms with Gasteiger partial charge in [0.25, 0.3) is 0 Å². The summed E-state index contributed by atoms with van der Waals surface area (Å²) in [6, 6.07) is 17.3. The Labute approximate surface area is 153 Å². The second-order valence-electron chi connectivity index (χ2n) is 5.96. The molecular weight excluding hydrogens is 324 g/mol. The van der Waals surface area contributed by atoms with Crippen LogP contribution in [0.15, 0.2) is 60.7 Å². The number of rotatable bonds is 4. The summed E-state index contributed by atoms with van der Waals surface area (Å²) in [5.41, 5.74) is 2.74. The van der Waals surface area contributed by atoms with Gasteiger partial charge < -0.3 is 10.2 Å². The van der Waals surface area contributed by atoms with Crippen LogP contribution in [0.4, 0.5) is 5.69 Å². The molecule has 4 heteroatoms. The maximum atomic E-state index is 11.8. The highest BCUT2D eigenvalue weighted by Gasteiger charge is 2.21. The average Bonchev–Trinajstić information content (AvgIpc) is 3.11. The van der Waals surface area contributed by atoms with Crippen molar-refractivity contribution in [1.29, 1.82) is 0 Å². The molecule has 26 heavy (non-hydrogen) atoms. The van der Waals surface area contributed by atoms with Crippen molar-refractivity contribution in [1.82, 2.24) is 5.32 Å². The Morgan fingerprint density at radius 1 is 1.12 bits per heavy atom. The van der Waals surface area contributed by atoms with E-state index < -0.39 is 0 Å². The van der Waals surface area contributed by atoms with Crippen LogP contribution in [0.2, 0.25) is 0 Å². The first kappa shape index (κ1) is 17.5. The Balaban J connectivity index is 1.49. The highest BCUT2D eigenvalue weighted by atomic mass is 16.2. The first-order chi connectivity index (χ1) is 12.7. The van der Waals surface area contributed by atoms with Crippen molar-refractivity contribution in [2.24, 2.45) is 0 Å². The van der Waals surface area contributed by atoms with E-state index in [4.69, 9.17) is 0 Å². The molecular formula is C22H20N2O2. The molecule has 0 saturated carbocycles. The SMILES string of the molecule is O=C(/C=C/c1ccc(N2CCCC2=O)cc1)NCC#Cc1ccccc1. The second-order valence-corrected chi connectivity index (χ2v) is 5.96. The molecule has 1 aliphatic heterocycles. The summed E-state index contributed by atoms with van der Waals surface area (Å²) < 4.78 is 0. The molecule has 2 amide bonds. The van der Waals surface area contributed by atoms with Gasteiger partial charge in [-0.05, 0) is 42.3 Å². The maximum Gasteiger partial charge on any atom is 0.244 e. The lowest BCUT2D eigenvalue weighted by atomic mass is 10.2. The molecule has 0 unspecified atom stereocenters. The van der Waals surface area contributed by atoms with Crippen LogP contribution in [0.3, 0.4) is 0 Å². The van der Waals surface area contributed by atoms with Gasteiger partial charge in [-0.15, -0.1) is 0 Å². The van der Waals surface area contributed by atoms with E-state index >= 15 is 0 Å². The fourth-order valence-electron chi connectivity index (χ4n) is 2.72. The molecule has 130 valence electrons. The van der Waals surface area contributed by atoms with Gasteiger partial charge in [-0.2, -0.15) is 0 Å². The van der Waals surface area contributed by atoms with Crippen LogP contribution in [0, 0.1) is 11.8 Å². The first-order valence-electron chi connectivity index (χ1n) is 8.63. The summed E-state index contributed by atoms with van der Waals surface area (Å²) in [6.45, 7) is 1.08. The number of benzene rings is 2. The lowest BCUT2D eigenvalue weighted by molar-refractivity contribution is -0.117. The molecule has 0 aliphatic carbocycles. The third kappa shape index (κ3) is 4.84. The maximum absolute atomic E-state index is 11.8. The van der Waals surface area contributed by atoms with Gasteiger partial charge >= 0.3 is 0 Å². The fraction of sp³-hybridized carbons (Fsp3) is 0.182. The van der Waals surface area contributed by atoms with Crippen molar-refractivity contribution in [3.63, 3.8) is 0 Å². The third-order valence-electron chi connectivity index (χ3n) is 4.06. The van der Waals surface area contributed by atoms with E-state index in [0.29, 0.717) is 13.0 Å². The highest BCUT2D eigenvalue weighted by Crippen LogP contribution is 2.21. The Bertz CT molecular complexity index is 859. The molecule has 4 nitrogen and oxygen atoms in total.